The third-order valence-corrected chi connectivity index (χ3v) is 22.5. The van der Waals surface area contributed by atoms with Crippen LogP contribution in [0.15, 0.2) is 0 Å². The molecule has 0 bridgehead atoms. The second-order valence-corrected chi connectivity index (χ2v) is 27.6. The first kappa shape index (κ1) is 17.3. The van der Waals surface area contributed by atoms with Crippen LogP contribution >= 0.6 is 25.6 Å². The van der Waals surface area contributed by atoms with E-state index in [1.54, 1.807) is 0 Å². The molecule has 0 heterocycles. The first-order valence-corrected chi connectivity index (χ1v) is 19.4. The monoisotopic (exact) mass is 394 g/mol. The molecule has 13 heavy (non-hydrogen) atoms. The van der Waals surface area contributed by atoms with Crippen molar-refractivity contribution in [2.24, 2.45) is 0 Å². The molecule has 4 heteroatoms. The zero-order valence-electron chi connectivity index (χ0n) is 9.50. The Labute approximate surface area is 105 Å². The van der Waals surface area contributed by atoms with Crippen LogP contribution < -0.4 is 0 Å². The summed E-state index contributed by atoms with van der Waals surface area (Å²) in [6, 6.07) is 0. The van der Waals surface area contributed by atoms with E-state index in [0.717, 1.165) is 4.71 Å². The Morgan fingerprint density at radius 1 is 1.08 bits per heavy atom. The molecular weight excluding hydrogens is 369 g/mol. The Kier molecular flexibility index (Phi) is 15.8. The standard InChI is InChI=1S/C6H15BrGe.C3H9ClGe/c1-4-8(7,5-2)6-3;1-2-5-3-4/h4-6H2,1-3H3;2-3,5H2,1H3. The molecule has 0 unspecified atom stereocenters. The van der Waals surface area contributed by atoms with Crippen LogP contribution in [0.2, 0.25) is 21.0 Å². The van der Waals surface area contributed by atoms with E-state index in [9.17, 15) is 0 Å². The van der Waals surface area contributed by atoms with Gasteiger partial charge in [0, 0.05) is 0 Å². The van der Waals surface area contributed by atoms with Crippen LogP contribution in [0.5, 0.6) is 0 Å². The number of halogens is 2. The molecule has 82 valence electrons. The fraction of sp³-hybridized carbons (Fsp3) is 1.00. The minimum atomic E-state index is -1.31. The first-order valence-electron chi connectivity index (χ1n) is 5.35. The van der Waals surface area contributed by atoms with Gasteiger partial charge in [-0.15, -0.1) is 0 Å². The van der Waals surface area contributed by atoms with Gasteiger partial charge in [-0.1, -0.05) is 0 Å². The molecule has 0 aliphatic rings. The van der Waals surface area contributed by atoms with E-state index in [1.807, 2.05) is 0 Å². The number of hydrogen-bond donors (Lipinski definition) is 0. The van der Waals surface area contributed by atoms with Crippen molar-refractivity contribution < 1.29 is 0 Å². The molecule has 0 aromatic heterocycles. The molecular formula is C9H24BrClGe2. The Balaban J connectivity index is 0. The van der Waals surface area contributed by atoms with Gasteiger partial charge in [-0.2, -0.15) is 0 Å². The molecule has 0 spiro atoms. The van der Waals surface area contributed by atoms with E-state index in [-0.39, 0.29) is 15.4 Å². The SMILES string of the molecule is C[CH2][GeH2][CH2]Cl.C[CH2][Ge]([Br])([CH2]C)[CH2]C. The van der Waals surface area contributed by atoms with Gasteiger partial charge in [-0.25, -0.2) is 0 Å². The average Bonchev–Trinajstić information content (AvgIpc) is 2.19. The van der Waals surface area contributed by atoms with Gasteiger partial charge in [-0.05, 0) is 0 Å². The normalized spacial score (nSPS) is 11.5. The van der Waals surface area contributed by atoms with E-state index < -0.39 is 11.4 Å². The van der Waals surface area contributed by atoms with Gasteiger partial charge >= 0.3 is 106 Å². The van der Waals surface area contributed by atoms with Crippen molar-refractivity contribution in [2.45, 2.75) is 48.7 Å². The molecule has 0 saturated carbocycles. The van der Waals surface area contributed by atoms with Gasteiger partial charge in [-0.3, -0.25) is 0 Å². The van der Waals surface area contributed by atoms with Crippen LogP contribution in [-0.4, -0.2) is 31.6 Å². The summed E-state index contributed by atoms with van der Waals surface area (Å²) in [5, 5.41) is 5.67. The Morgan fingerprint density at radius 3 is 1.46 bits per heavy atom. The van der Waals surface area contributed by atoms with Gasteiger partial charge in [0.1, 0.15) is 0 Å². The topological polar surface area (TPSA) is 0 Å². The van der Waals surface area contributed by atoms with E-state index in [0.29, 0.717) is 0 Å². The Hall–Kier alpha value is 1.86. The van der Waals surface area contributed by atoms with E-state index in [2.05, 4.69) is 41.7 Å². The van der Waals surface area contributed by atoms with Crippen molar-refractivity contribution in [1.82, 2.24) is 0 Å². The fourth-order valence-electron chi connectivity index (χ4n) is 0.884. The Morgan fingerprint density at radius 2 is 1.46 bits per heavy atom. The van der Waals surface area contributed by atoms with Crippen LogP contribution in [0, 0.1) is 0 Å². The molecule has 0 saturated heterocycles. The zero-order chi connectivity index (χ0) is 10.7. The van der Waals surface area contributed by atoms with Gasteiger partial charge in [0.15, 0.2) is 0 Å². The van der Waals surface area contributed by atoms with E-state index >= 15 is 0 Å². The summed E-state index contributed by atoms with van der Waals surface area (Å²) >= 11 is 7.80. The molecule has 0 aromatic rings. The summed E-state index contributed by atoms with van der Waals surface area (Å²) in [4.78, 5) is 0. The zero-order valence-corrected chi connectivity index (χ0v) is 16.9. The van der Waals surface area contributed by atoms with Crippen LogP contribution in [0.25, 0.3) is 0 Å². The summed E-state index contributed by atoms with van der Waals surface area (Å²) in [6.07, 6.45) is 0. The van der Waals surface area contributed by atoms with Gasteiger partial charge in [0.05, 0.1) is 0 Å². The molecule has 0 aromatic carbocycles. The first-order chi connectivity index (χ1) is 6.10. The molecule has 0 N–H and O–H groups in total. The minimum absolute atomic E-state index is 0.137. The predicted molar refractivity (Wildman–Crippen MR) is 75.9 cm³/mol. The third-order valence-electron chi connectivity index (χ3n) is 2.39. The molecule has 0 aliphatic carbocycles. The number of hydrogen-bond acceptors (Lipinski definition) is 0. The van der Waals surface area contributed by atoms with E-state index in [1.165, 1.54) is 21.0 Å². The van der Waals surface area contributed by atoms with Gasteiger partial charge in [0.25, 0.3) is 0 Å². The van der Waals surface area contributed by atoms with Gasteiger partial charge < -0.3 is 0 Å². The van der Waals surface area contributed by atoms with Crippen LogP contribution in [0.4, 0.5) is 0 Å². The maximum atomic E-state index is 5.38. The third kappa shape index (κ3) is 11.8. The second-order valence-electron chi connectivity index (χ2n) is 3.25. The quantitative estimate of drug-likeness (QED) is 0.486. The summed E-state index contributed by atoms with van der Waals surface area (Å²) in [5.74, 6) is 0. The molecule has 0 aliphatic heterocycles. The Bertz CT molecular complexity index is 87.4. The molecule has 0 radical (unpaired) electrons. The maximum absolute atomic E-state index is 5.38. The van der Waals surface area contributed by atoms with Crippen molar-refractivity contribution in [3.05, 3.63) is 0 Å². The second kappa shape index (κ2) is 11.9. The molecule has 0 nitrogen and oxygen atoms in total. The summed E-state index contributed by atoms with van der Waals surface area (Å²) in [7, 11) is 0. The molecule has 0 amide bonds. The molecule has 0 atom stereocenters. The van der Waals surface area contributed by atoms with Gasteiger partial charge in [0.2, 0.25) is 0 Å². The summed E-state index contributed by atoms with van der Waals surface area (Å²) in [6.45, 7) is 9.13. The molecule has 0 rings (SSSR count). The average molecular weight is 393 g/mol. The van der Waals surface area contributed by atoms with Crippen molar-refractivity contribution in [2.75, 3.05) is 4.71 Å². The predicted octanol–water partition coefficient (Wildman–Crippen LogP) is 4.18. The van der Waals surface area contributed by atoms with Crippen LogP contribution in [0.1, 0.15) is 27.7 Å². The number of rotatable bonds is 5. The fourth-order valence-corrected chi connectivity index (χ4v) is 5.98. The van der Waals surface area contributed by atoms with Crippen LogP contribution in [-0.2, 0) is 0 Å². The number of alkyl halides is 1. The van der Waals surface area contributed by atoms with E-state index in [4.69, 9.17) is 11.6 Å². The summed E-state index contributed by atoms with van der Waals surface area (Å²) < 4.78 is 1.00. The molecule has 0 fully saturated rings. The van der Waals surface area contributed by atoms with Crippen LogP contribution in [0.3, 0.4) is 0 Å². The van der Waals surface area contributed by atoms with Crippen molar-refractivity contribution in [3.63, 3.8) is 0 Å². The van der Waals surface area contributed by atoms with Crippen molar-refractivity contribution in [3.8, 4) is 0 Å². The van der Waals surface area contributed by atoms with Crippen molar-refractivity contribution >= 4 is 52.5 Å². The summed E-state index contributed by atoms with van der Waals surface area (Å²) in [5.41, 5.74) is 0. The van der Waals surface area contributed by atoms with Crippen molar-refractivity contribution in [1.29, 1.82) is 0 Å².